The van der Waals surface area contributed by atoms with Crippen LogP contribution < -0.4 is 0 Å². The molecule has 0 bridgehead atoms. The van der Waals surface area contributed by atoms with Gasteiger partial charge in [0, 0.05) is 25.9 Å². The standard InChI is InChI=1S/C18H30O2.Zn/c1-2-3-4-5-6-7-8-9-10-11-12-13-14-15-16-17-18(19)20;/h5-10H,2-4,11-17H2,1H3,(H,19,20);. The predicted octanol–water partition coefficient (Wildman–Crippen LogP) is 5.66. The molecule has 0 radical (unpaired) electrons. The molecule has 0 aliphatic heterocycles. The molecule has 0 saturated carbocycles. The van der Waals surface area contributed by atoms with Crippen molar-refractivity contribution in [2.75, 3.05) is 0 Å². The number of carbonyl (C=O) groups is 1. The van der Waals surface area contributed by atoms with Crippen molar-refractivity contribution in [2.45, 2.75) is 71.1 Å². The van der Waals surface area contributed by atoms with Crippen molar-refractivity contribution in [1.82, 2.24) is 0 Å². The van der Waals surface area contributed by atoms with E-state index in [0.29, 0.717) is 6.42 Å². The average molecular weight is 344 g/mol. The summed E-state index contributed by atoms with van der Waals surface area (Å²) in [5.41, 5.74) is 0. The third kappa shape index (κ3) is 21.8. The summed E-state index contributed by atoms with van der Waals surface area (Å²) in [5, 5.41) is 8.50. The summed E-state index contributed by atoms with van der Waals surface area (Å²) >= 11 is 0. The van der Waals surface area contributed by atoms with Gasteiger partial charge in [-0.3, -0.25) is 4.79 Å². The number of rotatable bonds is 13. The maximum atomic E-state index is 10.3. The van der Waals surface area contributed by atoms with Gasteiger partial charge in [0.25, 0.3) is 0 Å². The third-order valence-electron chi connectivity index (χ3n) is 3.09. The smallest absolute Gasteiger partial charge is 0.303 e. The number of carboxylic acids is 1. The number of carboxylic acid groups (broad SMARTS) is 1. The van der Waals surface area contributed by atoms with Crippen LogP contribution in [0.15, 0.2) is 36.5 Å². The second kappa shape index (κ2) is 19.3. The number of unbranched alkanes of at least 4 members (excludes halogenated alkanes) is 7. The van der Waals surface area contributed by atoms with Crippen LogP contribution in [0.25, 0.3) is 0 Å². The topological polar surface area (TPSA) is 37.3 Å². The van der Waals surface area contributed by atoms with Crippen LogP contribution in [0, 0.1) is 0 Å². The van der Waals surface area contributed by atoms with E-state index in [1.807, 2.05) is 0 Å². The van der Waals surface area contributed by atoms with E-state index in [2.05, 4.69) is 43.4 Å². The Balaban J connectivity index is 0. The van der Waals surface area contributed by atoms with E-state index in [-0.39, 0.29) is 19.5 Å². The summed E-state index contributed by atoms with van der Waals surface area (Å²) in [4.78, 5) is 10.3. The van der Waals surface area contributed by atoms with E-state index in [0.717, 1.165) is 25.7 Å². The van der Waals surface area contributed by atoms with Crippen LogP contribution >= 0.6 is 0 Å². The molecule has 0 amide bonds. The fourth-order valence-corrected chi connectivity index (χ4v) is 1.87. The monoisotopic (exact) mass is 342 g/mol. The van der Waals surface area contributed by atoms with Gasteiger partial charge in [0.15, 0.2) is 0 Å². The first-order valence-electron chi connectivity index (χ1n) is 7.97. The van der Waals surface area contributed by atoms with Crippen LogP contribution in [-0.4, -0.2) is 11.1 Å². The molecule has 0 heterocycles. The Labute approximate surface area is 143 Å². The van der Waals surface area contributed by atoms with Gasteiger partial charge in [0.2, 0.25) is 0 Å². The minimum Gasteiger partial charge on any atom is -0.481 e. The molecule has 0 spiro atoms. The average Bonchev–Trinajstić information content (AvgIpc) is 2.43. The van der Waals surface area contributed by atoms with Crippen molar-refractivity contribution in [3.05, 3.63) is 36.5 Å². The van der Waals surface area contributed by atoms with Crippen LogP contribution in [0.1, 0.15) is 71.1 Å². The Morgan fingerprint density at radius 2 is 1.33 bits per heavy atom. The molecule has 0 atom stereocenters. The zero-order valence-electron chi connectivity index (χ0n) is 13.6. The van der Waals surface area contributed by atoms with Crippen molar-refractivity contribution in [3.8, 4) is 0 Å². The Bertz CT molecular complexity index is 306. The van der Waals surface area contributed by atoms with Crippen LogP contribution in [0.4, 0.5) is 0 Å². The molecule has 3 heteroatoms. The normalized spacial score (nSPS) is 11.5. The second-order valence-electron chi connectivity index (χ2n) is 5.08. The molecule has 116 valence electrons. The van der Waals surface area contributed by atoms with Crippen LogP contribution in [-0.2, 0) is 24.3 Å². The summed E-state index contributed by atoms with van der Waals surface area (Å²) in [6.07, 6.45) is 23.3. The molecular weight excluding hydrogens is 314 g/mol. The molecule has 0 saturated heterocycles. The van der Waals surface area contributed by atoms with E-state index in [9.17, 15) is 4.79 Å². The first-order chi connectivity index (χ1) is 9.77. The van der Waals surface area contributed by atoms with Gasteiger partial charge in [0.1, 0.15) is 0 Å². The van der Waals surface area contributed by atoms with E-state index < -0.39 is 5.97 Å². The quantitative estimate of drug-likeness (QED) is 0.266. The fraction of sp³-hybridized carbons (Fsp3) is 0.611. The van der Waals surface area contributed by atoms with Gasteiger partial charge < -0.3 is 5.11 Å². The predicted molar refractivity (Wildman–Crippen MR) is 86.9 cm³/mol. The zero-order chi connectivity index (χ0) is 14.9. The second-order valence-corrected chi connectivity index (χ2v) is 5.08. The Hall–Kier alpha value is -0.687. The van der Waals surface area contributed by atoms with Gasteiger partial charge in [0.05, 0.1) is 0 Å². The molecule has 0 aromatic heterocycles. The molecule has 0 fully saturated rings. The molecule has 21 heavy (non-hydrogen) atoms. The third-order valence-corrected chi connectivity index (χ3v) is 3.09. The van der Waals surface area contributed by atoms with Crippen LogP contribution in [0.2, 0.25) is 0 Å². The maximum Gasteiger partial charge on any atom is 0.303 e. The van der Waals surface area contributed by atoms with Crippen molar-refractivity contribution in [3.63, 3.8) is 0 Å². The van der Waals surface area contributed by atoms with Gasteiger partial charge in [-0.2, -0.15) is 0 Å². The zero-order valence-corrected chi connectivity index (χ0v) is 16.6. The molecule has 0 aromatic rings. The van der Waals surface area contributed by atoms with Gasteiger partial charge >= 0.3 is 5.97 Å². The van der Waals surface area contributed by atoms with Gasteiger partial charge in [-0.05, 0) is 25.7 Å². The molecule has 0 aliphatic rings. The minimum absolute atomic E-state index is 0. The number of aliphatic carboxylic acids is 1. The Kier molecular flexibility index (Phi) is 20.8. The summed E-state index contributed by atoms with van der Waals surface area (Å²) in [7, 11) is 0. The summed E-state index contributed by atoms with van der Waals surface area (Å²) in [5.74, 6) is -0.677. The molecule has 1 N–H and O–H groups in total. The molecular formula is C18H30O2Zn. The Morgan fingerprint density at radius 1 is 0.810 bits per heavy atom. The molecule has 0 unspecified atom stereocenters. The van der Waals surface area contributed by atoms with Gasteiger partial charge in [-0.25, -0.2) is 0 Å². The molecule has 0 aliphatic carbocycles. The maximum absolute atomic E-state index is 10.3. The van der Waals surface area contributed by atoms with Crippen LogP contribution in [0.3, 0.4) is 0 Å². The first kappa shape index (κ1) is 22.6. The van der Waals surface area contributed by atoms with Crippen LogP contribution in [0.5, 0.6) is 0 Å². The fourth-order valence-electron chi connectivity index (χ4n) is 1.87. The largest absolute Gasteiger partial charge is 0.481 e. The summed E-state index contributed by atoms with van der Waals surface area (Å²) < 4.78 is 0. The summed E-state index contributed by atoms with van der Waals surface area (Å²) in [6.45, 7) is 2.21. The minimum atomic E-state index is -0.677. The van der Waals surface area contributed by atoms with Crippen molar-refractivity contribution in [1.29, 1.82) is 0 Å². The van der Waals surface area contributed by atoms with E-state index in [1.165, 1.54) is 32.1 Å². The number of hydrogen-bond donors (Lipinski definition) is 1. The van der Waals surface area contributed by atoms with Gasteiger partial charge in [-0.1, -0.05) is 75.5 Å². The van der Waals surface area contributed by atoms with E-state index >= 15 is 0 Å². The van der Waals surface area contributed by atoms with Gasteiger partial charge in [-0.15, -0.1) is 0 Å². The molecule has 0 rings (SSSR count). The SMILES string of the molecule is CCCCC=CC=CC=CCCCCCCCC(=O)O.[Zn]. The first-order valence-corrected chi connectivity index (χ1v) is 7.97. The van der Waals surface area contributed by atoms with Crippen molar-refractivity contribution < 1.29 is 29.4 Å². The molecule has 0 aromatic carbocycles. The van der Waals surface area contributed by atoms with Crippen molar-refractivity contribution >= 4 is 5.97 Å². The number of allylic oxidation sites excluding steroid dienone is 6. The Morgan fingerprint density at radius 3 is 1.90 bits per heavy atom. The van der Waals surface area contributed by atoms with Crippen molar-refractivity contribution in [2.24, 2.45) is 0 Å². The molecule has 2 nitrogen and oxygen atoms in total. The summed E-state index contributed by atoms with van der Waals surface area (Å²) in [6, 6.07) is 0. The number of hydrogen-bond acceptors (Lipinski definition) is 1. The van der Waals surface area contributed by atoms with E-state index in [4.69, 9.17) is 5.11 Å². The van der Waals surface area contributed by atoms with E-state index in [1.54, 1.807) is 0 Å².